The van der Waals surface area contributed by atoms with Gasteiger partial charge in [0.15, 0.2) is 0 Å². The summed E-state index contributed by atoms with van der Waals surface area (Å²) in [6.45, 7) is 5.50. The summed E-state index contributed by atoms with van der Waals surface area (Å²) in [5, 5.41) is 7.14. The van der Waals surface area contributed by atoms with Gasteiger partial charge in [-0.15, -0.1) is 11.3 Å². The molecule has 0 aliphatic heterocycles. The first kappa shape index (κ1) is 13.0. The Hall–Kier alpha value is -0.410. The molecule has 1 aliphatic rings. The topological polar surface area (TPSA) is 24.9 Å². The Bertz CT molecular complexity index is 329. The van der Waals surface area contributed by atoms with Gasteiger partial charge in [-0.05, 0) is 32.7 Å². The molecule has 0 aromatic carbocycles. The van der Waals surface area contributed by atoms with Crippen LogP contribution < -0.4 is 5.32 Å². The summed E-state index contributed by atoms with van der Waals surface area (Å²) in [5.74, 6) is 0.751. The molecule has 0 amide bonds. The molecule has 2 nitrogen and oxygen atoms in total. The molecule has 1 heterocycles. The number of nitrogens with zero attached hydrogens (tertiary/aromatic N) is 1. The minimum atomic E-state index is 0.406. The lowest BCUT2D eigenvalue weighted by Gasteiger charge is -2.19. The summed E-state index contributed by atoms with van der Waals surface area (Å²) in [5.41, 5.74) is 1.24. The molecule has 96 valence electrons. The maximum absolute atomic E-state index is 4.84. The standard InChI is InChI=1S/C14H24N2S/c1-3-9-15-11(2)13-10-17-14(16-13)12-7-5-4-6-8-12/h10-12,15H,3-9H2,1-2H3. The van der Waals surface area contributed by atoms with E-state index >= 15 is 0 Å². The first-order valence-electron chi connectivity index (χ1n) is 7.00. The van der Waals surface area contributed by atoms with Crippen LogP contribution in [0.4, 0.5) is 0 Å². The van der Waals surface area contributed by atoms with E-state index in [1.807, 2.05) is 11.3 Å². The van der Waals surface area contributed by atoms with Gasteiger partial charge in [-0.2, -0.15) is 0 Å². The number of nitrogens with one attached hydrogen (secondary N) is 1. The minimum absolute atomic E-state index is 0.406. The van der Waals surface area contributed by atoms with Crippen molar-refractivity contribution in [2.75, 3.05) is 6.54 Å². The van der Waals surface area contributed by atoms with E-state index in [2.05, 4.69) is 24.5 Å². The first-order valence-corrected chi connectivity index (χ1v) is 7.88. The van der Waals surface area contributed by atoms with Gasteiger partial charge in [0.2, 0.25) is 0 Å². The van der Waals surface area contributed by atoms with Gasteiger partial charge in [0.05, 0.1) is 10.7 Å². The van der Waals surface area contributed by atoms with Gasteiger partial charge in [0, 0.05) is 17.3 Å². The van der Waals surface area contributed by atoms with Crippen molar-refractivity contribution in [3.63, 3.8) is 0 Å². The highest BCUT2D eigenvalue weighted by Gasteiger charge is 2.19. The maximum Gasteiger partial charge on any atom is 0.0959 e. The van der Waals surface area contributed by atoms with Crippen LogP contribution in [0.15, 0.2) is 5.38 Å². The molecule has 17 heavy (non-hydrogen) atoms. The van der Waals surface area contributed by atoms with E-state index in [-0.39, 0.29) is 0 Å². The molecule has 1 atom stereocenters. The van der Waals surface area contributed by atoms with E-state index in [1.54, 1.807) is 0 Å². The molecule has 1 unspecified atom stereocenters. The van der Waals surface area contributed by atoms with Gasteiger partial charge in [-0.1, -0.05) is 26.2 Å². The van der Waals surface area contributed by atoms with E-state index in [0.717, 1.165) is 12.5 Å². The van der Waals surface area contributed by atoms with Crippen molar-refractivity contribution in [1.29, 1.82) is 0 Å². The first-order chi connectivity index (χ1) is 8.31. The number of hydrogen-bond acceptors (Lipinski definition) is 3. The van der Waals surface area contributed by atoms with Crippen molar-refractivity contribution in [3.05, 3.63) is 16.1 Å². The van der Waals surface area contributed by atoms with Gasteiger partial charge in [-0.3, -0.25) is 0 Å². The van der Waals surface area contributed by atoms with Gasteiger partial charge >= 0.3 is 0 Å². The van der Waals surface area contributed by atoms with Crippen LogP contribution in [0.1, 0.15) is 75.0 Å². The van der Waals surface area contributed by atoms with Crippen molar-refractivity contribution in [1.82, 2.24) is 10.3 Å². The van der Waals surface area contributed by atoms with Crippen LogP contribution in [0.2, 0.25) is 0 Å². The third kappa shape index (κ3) is 3.52. The lowest BCUT2D eigenvalue weighted by molar-refractivity contribution is 0.440. The van der Waals surface area contributed by atoms with E-state index < -0.39 is 0 Å². The Kier molecular flexibility index (Phi) is 4.99. The van der Waals surface area contributed by atoms with Crippen LogP contribution in [-0.2, 0) is 0 Å². The Morgan fingerprint density at radius 3 is 2.88 bits per heavy atom. The van der Waals surface area contributed by atoms with Crippen LogP contribution in [0.3, 0.4) is 0 Å². The lowest BCUT2D eigenvalue weighted by Crippen LogP contribution is -2.19. The Labute approximate surface area is 109 Å². The fraction of sp³-hybridized carbons (Fsp3) is 0.786. The molecular weight excluding hydrogens is 228 g/mol. The zero-order chi connectivity index (χ0) is 12.1. The average Bonchev–Trinajstić information content (AvgIpc) is 2.86. The second-order valence-corrected chi connectivity index (χ2v) is 6.01. The van der Waals surface area contributed by atoms with Gasteiger partial charge in [0.25, 0.3) is 0 Å². The molecule has 1 N–H and O–H groups in total. The molecule has 3 heteroatoms. The summed E-state index contributed by atoms with van der Waals surface area (Å²) < 4.78 is 0. The van der Waals surface area contributed by atoms with Crippen LogP contribution in [0, 0.1) is 0 Å². The Balaban J connectivity index is 1.94. The molecule has 0 bridgehead atoms. The molecule has 0 spiro atoms. The largest absolute Gasteiger partial charge is 0.309 e. The summed E-state index contributed by atoms with van der Waals surface area (Å²) in [7, 11) is 0. The molecule has 1 saturated carbocycles. The van der Waals surface area contributed by atoms with Crippen molar-refractivity contribution < 1.29 is 0 Å². The van der Waals surface area contributed by atoms with Crippen LogP contribution in [0.25, 0.3) is 0 Å². The molecule has 2 rings (SSSR count). The highest BCUT2D eigenvalue weighted by Crippen LogP contribution is 2.34. The quantitative estimate of drug-likeness (QED) is 0.847. The van der Waals surface area contributed by atoms with Gasteiger partial charge in [-0.25, -0.2) is 4.98 Å². The predicted molar refractivity (Wildman–Crippen MR) is 74.6 cm³/mol. The number of rotatable bonds is 5. The minimum Gasteiger partial charge on any atom is -0.309 e. The molecule has 0 saturated heterocycles. The fourth-order valence-electron chi connectivity index (χ4n) is 2.50. The van der Waals surface area contributed by atoms with E-state index in [4.69, 9.17) is 4.98 Å². The van der Waals surface area contributed by atoms with Crippen LogP contribution in [0.5, 0.6) is 0 Å². The zero-order valence-electron chi connectivity index (χ0n) is 11.0. The zero-order valence-corrected chi connectivity index (χ0v) is 11.9. The molecule has 1 aromatic heterocycles. The smallest absolute Gasteiger partial charge is 0.0959 e. The van der Waals surface area contributed by atoms with E-state index in [0.29, 0.717) is 6.04 Å². The van der Waals surface area contributed by atoms with Crippen LogP contribution in [-0.4, -0.2) is 11.5 Å². The predicted octanol–water partition coefficient (Wildman–Crippen LogP) is 4.25. The normalized spacial score (nSPS) is 19.4. The molecule has 1 aliphatic carbocycles. The number of aromatic nitrogens is 1. The van der Waals surface area contributed by atoms with Crippen molar-refractivity contribution in [2.24, 2.45) is 0 Å². The fourth-order valence-corrected chi connectivity index (χ4v) is 3.59. The highest BCUT2D eigenvalue weighted by molar-refractivity contribution is 7.09. The summed E-state index contributed by atoms with van der Waals surface area (Å²) in [6.07, 6.45) is 8.09. The van der Waals surface area contributed by atoms with E-state index in [1.165, 1.54) is 49.2 Å². The maximum atomic E-state index is 4.84. The third-order valence-electron chi connectivity index (χ3n) is 3.64. The summed E-state index contributed by atoms with van der Waals surface area (Å²) in [4.78, 5) is 4.84. The van der Waals surface area contributed by atoms with E-state index in [9.17, 15) is 0 Å². The van der Waals surface area contributed by atoms with Crippen molar-refractivity contribution in [3.8, 4) is 0 Å². The third-order valence-corrected chi connectivity index (χ3v) is 4.66. The van der Waals surface area contributed by atoms with Gasteiger partial charge < -0.3 is 5.32 Å². The number of thiazole rings is 1. The van der Waals surface area contributed by atoms with Gasteiger partial charge in [0.1, 0.15) is 0 Å². The lowest BCUT2D eigenvalue weighted by atomic mass is 9.90. The van der Waals surface area contributed by atoms with Crippen molar-refractivity contribution >= 4 is 11.3 Å². The molecule has 1 aromatic rings. The SMILES string of the molecule is CCCNC(C)c1csc(C2CCCCC2)n1. The Morgan fingerprint density at radius 1 is 1.41 bits per heavy atom. The average molecular weight is 252 g/mol. The summed E-state index contributed by atoms with van der Waals surface area (Å²) >= 11 is 1.87. The molecule has 1 fully saturated rings. The molecule has 0 radical (unpaired) electrons. The monoisotopic (exact) mass is 252 g/mol. The van der Waals surface area contributed by atoms with Crippen molar-refractivity contribution in [2.45, 2.75) is 64.3 Å². The summed E-state index contributed by atoms with van der Waals surface area (Å²) in [6, 6.07) is 0.406. The second-order valence-electron chi connectivity index (χ2n) is 5.12. The molecular formula is C14H24N2S. The van der Waals surface area contributed by atoms with Crippen LogP contribution >= 0.6 is 11.3 Å². The highest BCUT2D eigenvalue weighted by atomic mass is 32.1. The second kappa shape index (κ2) is 6.50. The number of hydrogen-bond donors (Lipinski definition) is 1. The Morgan fingerprint density at radius 2 is 2.18 bits per heavy atom.